The van der Waals surface area contributed by atoms with Crippen LogP contribution in [0.4, 0.5) is 0 Å². The molecule has 1 fully saturated rings. The van der Waals surface area contributed by atoms with Crippen molar-refractivity contribution in [2.45, 2.75) is 6.92 Å². The molecule has 0 spiro atoms. The number of nitrogens with zero attached hydrogens (tertiary/aromatic N) is 1. The summed E-state index contributed by atoms with van der Waals surface area (Å²) in [6.07, 6.45) is 0. The topological polar surface area (TPSA) is 46.3 Å². The minimum atomic E-state index is 0.111. The normalized spacial score (nSPS) is 14.7. The first-order valence-electron chi connectivity index (χ1n) is 6.38. The van der Waals surface area contributed by atoms with Gasteiger partial charge in [0.05, 0.1) is 6.54 Å². The zero-order chi connectivity index (χ0) is 13.7. The molecule has 2 N–H and O–H groups in total. The highest BCUT2D eigenvalue weighted by molar-refractivity contribution is 7.99. The number of aryl methyl sites for hydroxylation is 1. The predicted octanol–water partition coefficient (Wildman–Crippen LogP) is 1.49. The van der Waals surface area contributed by atoms with E-state index in [-0.39, 0.29) is 5.91 Å². The lowest BCUT2D eigenvalue weighted by molar-refractivity contribution is 0.0772. The Bertz CT molecular complexity index is 525. The highest BCUT2D eigenvalue weighted by Gasteiger charge is 2.18. The molecule has 0 radical (unpaired) electrons. The number of amides is 1. The molecule has 1 aromatic carbocycles. The Morgan fingerprint density at radius 1 is 1.37 bits per heavy atom. The predicted molar refractivity (Wildman–Crippen MR) is 80.3 cm³/mol. The number of nitrogens with two attached hydrogens (primary N) is 1. The first kappa shape index (κ1) is 14.0. The molecule has 0 aromatic heterocycles. The van der Waals surface area contributed by atoms with Gasteiger partial charge in [0.1, 0.15) is 0 Å². The van der Waals surface area contributed by atoms with Gasteiger partial charge in [0, 0.05) is 35.7 Å². The minimum absolute atomic E-state index is 0.111. The maximum Gasteiger partial charge on any atom is 0.253 e. The smallest absolute Gasteiger partial charge is 0.253 e. The van der Waals surface area contributed by atoms with Crippen molar-refractivity contribution >= 4 is 17.7 Å². The molecule has 19 heavy (non-hydrogen) atoms. The summed E-state index contributed by atoms with van der Waals surface area (Å²) >= 11 is 1.90. The van der Waals surface area contributed by atoms with E-state index in [1.54, 1.807) is 0 Å². The number of carbonyl (C=O) groups is 1. The number of rotatable bonds is 1. The Hall–Kier alpha value is -1.44. The van der Waals surface area contributed by atoms with Crippen LogP contribution in [0.25, 0.3) is 0 Å². The number of hydrogen-bond donors (Lipinski definition) is 1. The summed E-state index contributed by atoms with van der Waals surface area (Å²) in [4.78, 5) is 14.3. The van der Waals surface area contributed by atoms with Crippen LogP contribution < -0.4 is 5.73 Å². The fourth-order valence-corrected chi connectivity index (χ4v) is 2.98. The summed E-state index contributed by atoms with van der Waals surface area (Å²) in [5, 5.41) is 0. The van der Waals surface area contributed by atoms with Gasteiger partial charge in [-0.3, -0.25) is 4.79 Å². The second-order valence-corrected chi connectivity index (χ2v) is 5.72. The van der Waals surface area contributed by atoms with Crippen molar-refractivity contribution in [3.63, 3.8) is 0 Å². The number of hydrogen-bond acceptors (Lipinski definition) is 3. The summed E-state index contributed by atoms with van der Waals surface area (Å²) < 4.78 is 0. The molecule has 3 nitrogen and oxygen atoms in total. The van der Waals surface area contributed by atoms with E-state index in [0.29, 0.717) is 6.54 Å². The molecule has 4 heteroatoms. The Kier molecular flexibility index (Phi) is 4.89. The van der Waals surface area contributed by atoms with Crippen molar-refractivity contribution < 1.29 is 4.79 Å². The summed E-state index contributed by atoms with van der Waals surface area (Å²) in [7, 11) is 0. The maximum atomic E-state index is 12.4. The average molecular weight is 274 g/mol. The van der Waals surface area contributed by atoms with Gasteiger partial charge in [-0.2, -0.15) is 11.8 Å². The molecule has 0 bridgehead atoms. The highest BCUT2D eigenvalue weighted by Crippen LogP contribution is 2.15. The molecule has 2 rings (SSSR count). The molecular weight excluding hydrogens is 256 g/mol. The van der Waals surface area contributed by atoms with E-state index in [1.165, 1.54) is 0 Å². The molecule has 1 aliphatic heterocycles. The van der Waals surface area contributed by atoms with Gasteiger partial charge >= 0.3 is 0 Å². The van der Waals surface area contributed by atoms with Crippen LogP contribution in [0, 0.1) is 18.8 Å². The van der Waals surface area contributed by atoms with E-state index in [1.807, 2.05) is 41.8 Å². The number of benzene rings is 1. The Balaban J connectivity index is 2.23. The zero-order valence-corrected chi connectivity index (χ0v) is 11.9. The van der Waals surface area contributed by atoms with Crippen LogP contribution in [-0.2, 0) is 0 Å². The Morgan fingerprint density at radius 2 is 2.11 bits per heavy atom. The van der Waals surface area contributed by atoms with Crippen LogP contribution in [0.2, 0.25) is 0 Å². The third-order valence-electron chi connectivity index (χ3n) is 2.96. The van der Waals surface area contributed by atoms with E-state index in [0.717, 1.165) is 41.3 Å². The van der Waals surface area contributed by atoms with E-state index < -0.39 is 0 Å². The van der Waals surface area contributed by atoms with Gasteiger partial charge in [0.15, 0.2) is 0 Å². The number of thioether (sulfide) groups is 1. The highest BCUT2D eigenvalue weighted by atomic mass is 32.2. The first-order chi connectivity index (χ1) is 9.20. The van der Waals surface area contributed by atoms with Gasteiger partial charge in [-0.15, -0.1) is 0 Å². The van der Waals surface area contributed by atoms with Crippen LogP contribution in [0.3, 0.4) is 0 Å². The van der Waals surface area contributed by atoms with Crippen molar-refractivity contribution in [1.29, 1.82) is 0 Å². The van der Waals surface area contributed by atoms with Gasteiger partial charge < -0.3 is 10.6 Å². The second kappa shape index (κ2) is 6.65. The molecule has 1 amide bonds. The summed E-state index contributed by atoms with van der Waals surface area (Å²) in [5.74, 6) is 7.98. The molecule has 1 aromatic rings. The molecule has 0 aliphatic carbocycles. The molecule has 0 saturated carbocycles. The molecular formula is C15H18N2OS. The van der Waals surface area contributed by atoms with Crippen molar-refractivity contribution in [3.05, 3.63) is 34.9 Å². The third-order valence-corrected chi connectivity index (χ3v) is 3.90. The van der Waals surface area contributed by atoms with Gasteiger partial charge in [-0.05, 0) is 30.7 Å². The van der Waals surface area contributed by atoms with Gasteiger partial charge in [-0.1, -0.05) is 11.8 Å². The van der Waals surface area contributed by atoms with Gasteiger partial charge in [-0.25, -0.2) is 0 Å². The zero-order valence-electron chi connectivity index (χ0n) is 11.1. The summed E-state index contributed by atoms with van der Waals surface area (Å²) in [6, 6.07) is 5.77. The van der Waals surface area contributed by atoms with Crippen molar-refractivity contribution in [3.8, 4) is 11.8 Å². The SMILES string of the molecule is Cc1cc(C#CCN)cc(C(=O)N2CCSCC2)c1. The van der Waals surface area contributed by atoms with E-state index in [9.17, 15) is 4.79 Å². The molecule has 100 valence electrons. The standard InChI is InChI=1S/C15H18N2OS/c1-12-9-13(3-2-4-16)11-14(10-12)15(18)17-5-7-19-8-6-17/h9-11H,4-8,16H2,1H3. The second-order valence-electron chi connectivity index (χ2n) is 4.50. The van der Waals surface area contributed by atoms with Gasteiger partial charge in [0.2, 0.25) is 0 Å². The van der Waals surface area contributed by atoms with Crippen LogP contribution in [0.15, 0.2) is 18.2 Å². The first-order valence-corrected chi connectivity index (χ1v) is 7.54. The molecule has 1 aliphatic rings. The molecule has 0 unspecified atom stereocenters. The quantitative estimate of drug-likeness (QED) is 0.789. The van der Waals surface area contributed by atoms with E-state index in [4.69, 9.17) is 5.73 Å². The fraction of sp³-hybridized carbons (Fsp3) is 0.400. The van der Waals surface area contributed by atoms with Crippen molar-refractivity contribution in [1.82, 2.24) is 4.90 Å². The van der Waals surface area contributed by atoms with Crippen LogP contribution in [0.5, 0.6) is 0 Å². The average Bonchev–Trinajstić information content (AvgIpc) is 2.44. The molecule has 1 saturated heterocycles. The van der Waals surface area contributed by atoms with Crippen molar-refractivity contribution in [2.24, 2.45) is 5.73 Å². The van der Waals surface area contributed by atoms with E-state index in [2.05, 4.69) is 11.8 Å². The lowest BCUT2D eigenvalue weighted by atomic mass is 10.1. The number of carbonyl (C=O) groups excluding carboxylic acids is 1. The minimum Gasteiger partial charge on any atom is -0.337 e. The van der Waals surface area contributed by atoms with Crippen molar-refractivity contribution in [2.75, 3.05) is 31.1 Å². The molecule has 1 heterocycles. The summed E-state index contributed by atoms with van der Waals surface area (Å²) in [6.45, 7) is 3.99. The largest absolute Gasteiger partial charge is 0.337 e. The maximum absolute atomic E-state index is 12.4. The Labute approximate surface area is 118 Å². The summed E-state index contributed by atoms with van der Waals surface area (Å²) in [5.41, 5.74) is 8.02. The third kappa shape index (κ3) is 3.76. The van der Waals surface area contributed by atoms with Crippen LogP contribution in [-0.4, -0.2) is 41.9 Å². The monoisotopic (exact) mass is 274 g/mol. The van der Waals surface area contributed by atoms with Crippen LogP contribution >= 0.6 is 11.8 Å². The Morgan fingerprint density at radius 3 is 2.79 bits per heavy atom. The molecule has 0 atom stereocenters. The fourth-order valence-electron chi connectivity index (χ4n) is 2.08. The lowest BCUT2D eigenvalue weighted by Crippen LogP contribution is -2.37. The lowest BCUT2D eigenvalue weighted by Gasteiger charge is -2.26. The van der Waals surface area contributed by atoms with E-state index >= 15 is 0 Å². The van der Waals surface area contributed by atoms with Crippen LogP contribution in [0.1, 0.15) is 21.5 Å². The van der Waals surface area contributed by atoms with Gasteiger partial charge in [0.25, 0.3) is 5.91 Å².